The third kappa shape index (κ3) is 6.70. The first-order valence-electron chi connectivity index (χ1n) is 20.9. The molecule has 2 N–H and O–H groups in total. The second kappa shape index (κ2) is 15.6. The fourth-order valence-corrected chi connectivity index (χ4v) is 8.69. The molecule has 0 radical (unpaired) electrons. The lowest BCUT2D eigenvalue weighted by atomic mass is 9.96. The molecule has 0 fully saturated rings. The Morgan fingerprint density at radius 3 is 1.30 bits per heavy atom. The predicted octanol–water partition coefficient (Wildman–Crippen LogP) is 12.0. The van der Waals surface area contributed by atoms with E-state index in [-0.39, 0.29) is 11.5 Å². The number of pyridine rings is 2. The molecule has 0 saturated carbocycles. The van der Waals surface area contributed by atoms with Crippen molar-refractivity contribution in [3.05, 3.63) is 194 Å². The van der Waals surface area contributed by atoms with Crippen molar-refractivity contribution in [3.63, 3.8) is 0 Å². The van der Waals surface area contributed by atoms with Crippen LogP contribution in [0, 0.1) is 13.8 Å². The summed E-state index contributed by atoms with van der Waals surface area (Å²) in [5.41, 5.74) is 15.8. The molecule has 6 aromatic carbocycles. The summed E-state index contributed by atoms with van der Waals surface area (Å²) in [6.45, 7) is 4.18. The molecule has 10 nitrogen and oxygen atoms in total. The number of imidazole rings is 2. The number of aromatic hydroxyl groups is 2. The first-order valence-corrected chi connectivity index (χ1v) is 20.9. The maximum absolute atomic E-state index is 11.0. The number of hydrogen-bond acceptors (Lipinski definition) is 8. The summed E-state index contributed by atoms with van der Waals surface area (Å²) in [6.07, 6.45) is 8.72. The van der Waals surface area contributed by atoms with E-state index in [9.17, 15) is 10.2 Å². The molecule has 5 heterocycles. The van der Waals surface area contributed by atoms with Gasteiger partial charge in [-0.15, -0.1) is 0 Å². The molecule has 5 aromatic heterocycles. The third-order valence-electron chi connectivity index (χ3n) is 11.5. The van der Waals surface area contributed by atoms with Gasteiger partial charge in [0.05, 0.1) is 68.4 Å². The Labute approximate surface area is 368 Å². The molecule has 0 amide bonds. The van der Waals surface area contributed by atoms with Gasteiger partial charge in [-0.1, -0.05) is 60.7 Å². The van der Waals surface area contributed by atoms with E-state index in [0.717, 1.165) is 89.3 Å². The zero-order valence-corrected chi connectivity index (χ0v) is 34.8. The van der Waals surface area contributed by atoms with Crippen molar-refractivity contribution in [1.29, 1.82) is 0 Å². The number of phenolic OH excluding ortho intramolecular Hbond substituents is 2. The highest BCUT2D eigenvalue weighted by Gasteiger charge is 2.22. The minimum atomic E-state index is 0.148. The van der Waals surface area contributed by atoms with Crippen molar-refractivity contribution in [1.82, 2.24) is 39.0 Å². The molecule has 11 aromatic rings. The van der Waals surface area contributed by atoms with Crippen molar-refractivity contribution >= 4 is 22.1 Å². The minimum absolute atomic E-state index is 0.148. The molecule has 0 atom stereocenters. The first-order chi connectivity index (χ1) is 31.4. The Kier molecular flexibility index (Phi) is 9.31. The number of para-hydroxylation sites is 4. The number of nitrogens with zero attached hydrogens (tertiary/aromatic N) is 8. The normalized spacial score (nSPS) is 11.4. The van der Waals surface area contributed by atoms with Crippen molar-refractivity contribution < 1.29 is 10.2 Å². The average molecular weight is 831 g/mol. The van der Waals surface area contributed by atoms with Crippen LogP contribution >= 0.6 is 0 Å². The average Bonchev–Trinajstić information content (AvgIpc) is 3.92. The summed E-state index contributed by atoms with van der Waals surface area (Å²) in [5, 5.41) is 22.0. The molecule has 0 spiro atoms. The Bertz CT molecular complexity index is 3330. The lowest BCUT2D eigenvalue weighted by molar-refractivity contribution is 0.476. The summed E-state index contributed by atoms with van der Waals surface area (Å²) >= 11 is 0. The molecule has 0 aliphatic rings. The van der Waals surface area contributed by atoms with Gasteiger partial charge >= 0.3 is 0 Å². The maximum atomic E-state index is 11.0. The number of aromatic nitrogens is 8. The Morgan fingerprint density at radius 2 is 0.859 bits per heavy atom. The van der Waals surface area contributed by atoms with E-state index in [1.54, 1.807) is 43.2 Å². The van der Waals surface area contributed by atoms with Gasteiger partial charge in [0.2, 0.25) is 0 Å². The second-order valence-corrected chi connectivity index (χ2v) is 15.8. The minimum Gasteiger partial charge on any atom is -0.507 e. The molecule has 0 bridgehead atoms. The highest BCUT2D eigenvalue weighted by atomic mass is 16.3. The van der Waals surface area contributed by atoms with E-state index < -0.39 is 0 Å². The van der Waals surface area contributed by atoms with E-state index in [2.05, 4.69) is 72.3 Å². The highest BCUT2D eigenvalue weighted by molar-refractivity contribution is 5.98. The number of fused-ring (bicyclic) bond motifs is 2. The van der Waals surface area contributed by atoms with Gasteiger partial charge in [0, 0.05) is 34.6 Å². The van der Waals surface area contributed by atoms with Crippen molar-refractivity contribution in [2.24, 2.45) is 0 Å². The van der Waals surface area contributed by atoms with Crippen molar-refractivity contribution in [2.75, 3.05) is 0 Å². The number of rotatable bonds is 8. The van der Waals surface area contributed by atoms with E-state index in [0.29, 0.717) is 22.8 Å². The van der Waals surface area contributed by atoms with E-state index >= 15 is 0 Å². The fraction of sp³-hybridized carbons (Fsp3) is 0.0370. The monoisotopic (exact) mass is 830 g/mol. The van der Waals surface area contributed by atoms with Crippen LogP contribution in [0.15, 0.2) is 183 Å². The van der Waals surface area contributed by atoms with Gasteiger partial charge < -0.3 is 10.2 Å². The molecule has 306 valence electrons. The van der Waals surface area contributed by atoms with Gasteiger partial charge in [-0.2, -0.15) is 0 Å². The summed E-state index contributed by atoms with van der Waals surface area (Å²) in [7, 11) is 0. The van der Waals surface area contributed by atoms with Gasteiger partial charge in [0.1, 0.15) is 29.5 Å². The van der Waals surface area contributed by atoms with E-state index in [4.69, 9.17) is 19.9 Å². The summed E-state index contributed by atoms with van der Waals surface area (Å²) in [6, 6.07) is 49.6. The van der Waals surface area contributed by atoms with Crippen LogP contribution in [0.2, 0.25) is 0 Å². The summed E-state index contributed by atoms with van der Waals surface area (Å²) < 4.78 is 4.09. The zero-order valence-electron chi connectivity index (χ0n) is 34.8. The van der Waals surface area contributed by atoms with Crippen LogP contribution in [0.4, 0.5) is 0 Å². The van der Waals surface area contributed by atoms with Gasteiger partial charge in [-0.25, -0.2) is 19.9 Å². The van der Waals surface area contributed by atoms with Crippen molar-refractivity contribution in [3.8, 4) is 90.4 Å². The smallest absolute Gasteiger partial charge is 0.149 e. The topological polar surface area (TPSA) is 128 Å². The van der Waals surface area contributed by atoms with Gasteiger partial charge in [0.15, 0.2) is 0 Å². The van der Waals surface area contributed by atoms with E-state index in [1.807, 2.05) is 100 Å². The maximum Gasteiger partial charge on any atom is 0.149 e. The third-order valence-corrected chi connectivity index (χ3v) is 11.5. The first kappa shape index (κ1) is 38.2. The standard InChI is InChI=1S/C54H38N8O2/c1-33-23-35(41-15-7-17-47-51(41)59-53(43-13-3-5-19-49(43)63)61(47)39-11-9-21-55-30-39)27-37(25-33)45-29-46(58-32-57-45)38-26-34(2)24-36(28-38)42-16-8-18-48-52(42)60-54(44-14-4-6-20-50(44)64)62(48)40-12-10-22-56-31-40/h3-32,63-64H,1-2H3. The van der Waals surface area contributed by atoms with Crippen LogP contribution in [0.25, 0.3) is 101 Å². The summed E-state index contributed by atoms with van der Waals surface area (Å²) in [5.74, 6) is 1.53. The lowest BCUT2D eigenvalue weighted by Gasteiger charge is -2.12. The van der Waals surface area contributed by atoms with Gasteiger partial charge in [0.25, 0.3) is 0 Å². The Balaban J connectivity index is 1.01. The molecular formula is C54H38N8O2. The van der Waals surface area contributed by atoms with Gasteiger partial charge in [-0.3, -0.25) is 19.1 Å². The van der Waals surface area contributed by atoms with Crippen LogP contribution in [0.3, 0.4) is 0 Å². The Hall–Kier alpha value is -8.76. The van der Waals surface area contributed by atoms with Crippen LogP contribution in [-0.4, -0.2) is 49.3 Å². The number of aryl methyl sites for hydroxylation is 2. The predicted molar refractivity (Wildman–Crippen MR) is 252 cm³/mol. The lowest BCUT2D eigenvalue weighted by Crippen LogP contribution is -1.98. The summed E-state index contributed by atoms with van der Waals surface area (Å²) in [4.78, 5) is 28.8. The molecule has 0 unspecified atom stereocenters. The zero-order chi connectivity index (χ0) is 43.3. The van der Waals surface area contributed by atoms with Crippen LogP contribution < -0.4 is 0 Å². The largest absolute Gasteiger partial charge is 0.507 e. The number of hydrogen-bond donors (Lipinski definition) is 2. The quantitative estimate of drug-likeness (QED) is 0.155. The highest BCUT2D eigenvalue weighted by Crippen LogP contribution is 2.40. The second-order valence-electron chi connectivity index (χ2n) is 15.8. The SMILES string of the molecule is Cc1cc(-c2cc(-c3cc(C)cc(-c4cccc5c4nc(-c4ccccc4O)n5-c4cccnc4)c3)ncn2)cc(-c2cccc3c2nc(-c2ccccc2O)n3-c2cccnc2)c1. The Morgan fingerprint density at radius 1 is 0.422 bits per heavy atom. The van der Waals surface area contributed by atoms with E-state index in [1.165, 1.54) is 0 Å². The van der Waals surface area contributed by atoms with Crippen LogP contribution in [0.5, 0.6) is 11.5 Å². The fourth-order valence-electron chi connectivity index (χ4n) is 8.69. The molecule has 64 heavy (non-hydrogen) atoms. The molecular weight excluding hydrogens is 793 g/mol. The molecule has 10 heteroatoms. The van der Waals surface area contributed by atoms with Crippen LogP contribution in [-0.2, 0) is 0 Å². The molecule has 11 rings (SSSR count). The number of benzene rings is 6. The molecule has 0 aliphatic carbocycles. The molecule has 0 saturated heterocycles. The van der Waals surface area contributed by atoms with Gasteiger partial charge in [-0.05, 0) is 127 Å². The van der Waals surface area contributed by atoms with Crippen LogP contribution in [0.1, 0.15) is 11.1 Å². The number of phenols is 2. The van der Waals surface area contributed by atoms with Crippen molar-refractivity contribution in [2.45, 2.75) is 13.8 Å². The molecule has 0 aliphatic heterocycles.